The molecule has 12 heteroatoms. The molecule has 1 aliphatic heterocycles. The second-order valence-electron chi connectivity index (χ2n) is 6.36. The van der Waals surface area contributed by atoms with Gasteiger partial charge in [-0.15, -0.1) is 0 Å². The van der Waals surface area contributed by atoms with Crippen LogP contribution in [-0.2, 0) is 13.1 Å². The summed E-state index contributed by atoms with van der Waals surface area (Å²) in [6.45, 7) is -1.53. The molecule has 160 valence electrons. The number of carbonyl (C=O) groups excluding carboxylic acids is 2. The van der Waals surface area contributed by atoms with E-state index in [1.54, 1.807) is 0 Å². The molecule has 0 aromatic carbocycles. The minimum absolute atomic E-state index is 0.0504. The maximum atomic E-state index is 12.7. The zero-order valence-corrected chi connectivity index (χ0v) is 16.1. The van der Waals surface area contributed by atoms with E-state index in [4.69, 9.17) is 16.7 Å². The van der Waals surface area contributed by atoms with Gasteiger partial charge in [-0.3, -0.25) is 14.6 Å². The molecule has 2 aromatic rings. The van der Waals surface area contributed by atoms with E-state index in [0.717, 1.165) is 0 Å². The van der Waals surface area contributed by atoms with Gasteiger partial charge >= 0.3 is 6.18 Å². The SMILES string of the molecule is O=C(NCCO)c1nccc2c1CN(Cc1cnc(OCC(F)(F)F)c(Cl)c1)C2=O. The van der Waals surface area contributed by atoms with Gasteiger partial charge in [0.15, 0.2) is 6.61 Å². The number of aliphatic hydroxyl groups excluding tert-OH is 1. The molecule has 0 spiro atoms. The van der Waals surface area contributed by atoms with E-state index >= 15 is 0 Å². The third-order valence-corrected chi connectivity index (χ3v) is 4.42. The summed E-state index contributed by atoms with van der Waals surface area (Å²) in [5.74, 6) is -1.20. The van der Waals surface area contributed by atoms with Crippen LogP contribution < -0.4 is 10.1 Å². The lowest BCUT2D eigenvalue weighted by atomic mass is 10.1. The van der Waals surface area contributed by atoms with Crippen molar-refractivity contribution in [3.8, 4) is 5.88 Å². The third kappa shape index (κ3) is 4.97. The van der Waals surface area contributed by atoms with Crippen molar-refractivity contribution in [1.29, 1.82) is 0 Å². The lowest BCUT2D eigenvalue weighted by Crippen LogP contribution is -2.28. The van der Waals surface area contributed by atoms with Gasteiger partial charge in [-0.25, -0.2) is 4.98 Å². The first-order valence-electron chi connectivity index (χ1n) is 8.70. The van der Waals surface area contributed by atoms with Crippen LogP contribution in [0, 0.1) is 0 Å². The molecule has 0 atom stereocenters. The Balaban J connectivity index is 1.73. The number of ether oxygens (including phenoxy) is 1. The molecule has 3 rings (SSSR count). The number of hydrogen-bond acceptors (Lipinski definition) is 6. The number of amides is 2. The van der Waals surface area contributed by atoms with Crippen LogP contribution in [0.5, 0.6) is 5.88 Å². The highest BCUT2D eigenvalue weighted by Gasteiger charge is 2.32. The molecule has 30 heavy (non-hydrogen) atoms. The van der Waals surface area contributed by atoms with Crippen LogP contribution in [0.25, 0.3) is 0 Å². The Bertz CT molecular complexity index is 971. The zero-order chi connectivity index (χ0) is 21.9. The maximum Gasteiger partial charge on any atom is 0.422 e. The first-order valence-corrected chi connectivity index (χ1v) is 9.07. The van der Waals surface area contributed by atoms with Crippen LogP contribution in [0.3, 0.4) is 0 Å². The highest BCUT2D eigenvalue weighted by atomic mass is 35.5. The number of hydrogen-bond donors (Lipinski definition) is 2. The number of halogens is 4. The number of alkyl halides is 3. The predicted octanol–water partition coefficient (Wildman–Crippen LogP) is 1.95. The van der Waals surface area contributed by atoms with Gasteiger partial charge in [-0.1, -0.05) is 11.6 Å². The predicted molar refractivity (Wildman–Crippen MR) is 98.0 cm³/mol. The second-order valence-corrected chi connectivity index (χ2v) is 6.77. The average Bonchev–Trinajstić information content (AvgIpc) is 3.00. The number of nitrogens with one attached hydrogen (secondary N) is 1. The molecular weight excluding hydrogens is 429 g/mol. The normalized spacial score (nSPS) is 13.4. The molecule has 2 amide bonds. The van der Waals surface area contributed by atoms with E-state index < -0.39 is 18.7 Å². The summed E-state index contributed by atoms with van der Waals surface area (Å²) in [6, 6.07) is 2.86. The Kier molecular flexibility index (Phi) is 6.42. The third-order valence-electron chi connectivity index (χ3n) is 4.14. The summed E-state index contributed by atoms with van der Waals surface area (Å²) >= 11 is 5.94. The van der Waals surface area contributed by atoms with E-state index in [0.29, 0.717) is 16.7 Å². The number of aromatic nitrogens is 2. The van der Waals surface area contributed by atoms with Crippen LogP contribution in [0.2, 0.25) is 5.02 Å². The summed E-state index contributed by atoms with van der Waals surface area (Å²) in [4.78, 5) is 34.1. The summed E-state index contributed by atoms with van der Waals surface area (Å²) in [5.41, 5.74) is 1.33. The van der Waals surface area contributed by atoms with E-state index in [1.807, 2.05) is 0 Å². The average molecular weight is 445 g/mol. The van der Waals surface area contributed by atoms with Gasteiger partial charge in [0.1, 0.15) is 10.7 Å². The highest BCUT2D eigenvalue weighted by molar-refractivity contribution is 6.31. The number of pyridine rings is 2. The Morgan fingerprint density at radius 3 is 2.80 bits per heavy atom. The number of carbonyl (C=O) groups is 2. The molecule has 2 N–H and O–H groups in total. The summed E-state index contributed by atoms with van der Waals surface area (Å²) in [7, 11) is 0. The van der Waals surface area contributed by atoms with Gasteiger partial charge < -0.3 is 20.1 Å². The maximum absolute atomic E-state index is 12.7. The van der Waals surface area contributed by atoms with Crippen molar-refractivity contribution < 1.29 is 32.6 Å². The van der Waals surface area contributed by atoms with Crippen molar-refractivity contribution in [1.82, 2.24) is 20.2 Å². The molecule has 0 saturated carbocycles. The fourth-order valence-corrected chi connectivity index (χ4v) is 3.13. The molecule has 0 saturated heterocycles. The molecule has 0 unspecified atom stereocenters. The lowest BCUT2D eigenvalue weighted by Gasteiger charge is -2.16. The summed E-state index contributed by atoms with van der Waals surface area (Å²) in [6.07, 6.45) is -1.91. The zero-order valence-electron chi connectivity index (χ0n) is 15.4. The molecule has 0 bridgehead atoms. The molecule has 0 aliphatic carbocycles. The van der Waals surface area contributed by atoms with Gasteiger partial charge in [0.05, 0.1) is 6.61 Å². The molecule has 8 nitrogen and oxygen atoms in total. The molecule has 0 fully saturated rings. The largest absolute Gasteiger partial charge is 0.467 e. The van der Waals surface area contributed by atoms with Crippen molar-refractivity contribution >= 4 is 23.4 Å². The highest BCUT2D eigenvalue weighted by Crippen LogP contribution is 2.29. The fourth-order valence-electron chi connectivity index (χ4n) is 2.89. The topological polar surface area (TPSA) is 105 Å². The van der Waals surface area contributed by atoms with Gasteiger partial charge in [0.25, 0.3) is 11.8 Å². The molecule has 1 aliphatic rings. The standard InChI is InChI=1S/C18H16ClF3N4O4/c19-13-5-10(6-25-16(13)30-9-18(20,21)22)7-26-8-12-11(17(26)29)1-2-23-14(12)15(28)24-3-4-27/h1-2,5-6,27H,3-4,7-9H2,(H,24,28). The Morgan fingerprint density at radius 2 is 2.13 bits per heavy atom. The first-order chi connectivity index (χ1) is 14.2. The quantitative estimate of drug-likeness (QED) is 0.676. The van der Waals surface area contributed by atoms with E-state index in [9.17, 15) is 22.8 Å². The summed E-state index contributed by atoms with van der Waals surface area (Å²) in [5, 5.41) is 11.2. The van der Waals surface area contributed by atoms with Crippen molar-refractivity contribution in [2.45, 2.75) is 19.3 Å². The minimum atomic E-state index is -4.52. The molecule has 0 radical (unpaired) electrons. The number of fused-ring (bicyclic) bond motifs is 1. The first kappa shape index (κ1) is 21.8. The van der Waals surface area contributed by atoms with Crippen LogP contribution in [0.1, 0.15) is 32.0 Å². The van der Waals surface area contributed by atoms with Crippen LogP contribution in [0.4, 0.5) is 13.2 Å². The Morgan fingerprint density at radius 1 is 1.37 bits per heavy atom. The molecule has 2 aromatic heterocycles. The molecular formula is C18H16ClF3N4O4. The molecule has 3 heterocycles. The van der Waals surface area contributed by atoms with Gasteiger partial charge in [0.2, 0.25) is 5.88 Å². The monoisotopic (exact) mass is 444 g/mol. The number of rotatable bonds is 7. The van der Waals surface area contributed by atoms with Crippen molar-refractivity contribution in [3.05, 3.63) is 51.9 Å². The minimum Gasteiger partial charge on any atom is -0.467 e. The Labute approximate surface area is 173 Å². The van der Waals surface area contributed by atoms with Gasteiger partial charge in [0, 0.05) is 43.2 Å². The van der Waals surface area contributed by atoms with Gasteiger partial charge in [-0.2, -0.15) is 13.2 Å². The fraction of sp³-hybridized carbons (Fsp3) is 0.333. The van der Waals surface area contributed by atoms with Crippen molar-refractivity contribution in [2.24, 2.45) is 0 Å². The number of nitrogens with zero attached hydrogens (tertiary/aromatic N) is 3. The van der Waals surface area contributed by atoms with E-state index in [2.05, 4.69) is 20.0 Å². The van der Waals surface area contributed by atoms with Crippen LogP contribution >= 0.6 is 11.6 Å². The van der Waals surface area contributed by atoms with Crippen LogP contribution in [-0.4, -0.2) is 57.7 Å². The lowest BCUT2D eigenvalue weighted by molar-refractivity contribution is -0.154. The summed E-state index contributed by atoms with van der Waals surface area (Å²) < 4.78 is 41.4. The van der Waals surface area contributed by atoms with Crippen LogP contribution in [0.15, 0.2) is 24.5 Å². The second kappa shape index (κ2) is 8.84. The van der Waals surface area contributed by atoms with Crippen molar-refractivity contribution in [3.63, 3.8) is 0 Å². The van der Waals surface area contributed by atoms with E-state index in [1.165, 1.54) is 29.4 Å². The Hall–Kier alpha value is -2.92. The van der Waals surface area contributed by atoms with Gasteiger partial charge in [-0.05, 0) is 17.7 Å². The number of aliphatic hydroxyl groups is 1. The van der Waals surface area contributed by atoms with E-state index in [-0.39, 0.29) is 48.7 Å². The van der Waals surface area contributed by atoms with Crippen molar-refractivity contribution in [2.75, 3.05) is 19.8 Å². The smallest absolute Gasteiger partial charge is 0.422 e.